The minimum atomic E-state index is -0.265. The van der Waals surface area contributed by atoms with Crippen molar-refractivity contribution in [1.82, 2.24) is 15.3 Å². The number of benzene rings is 1. The van der Waals surface area contributed by atoms with Gasteiger partial charge in [-0.25, -0.2) is 0 Å². The molecular formula is C22H22N4O2. The highest BCUT2D eigenvalue weighted by molar-refractivity contribution is 6.06. The number of anilines is 1. The van der Waals surface area contributed by atoms with Crippen LogP contribution in [0, 0.1) is 6.92 Å². The number of nitrogens with zero attached hydrogens (tertiary/aromatic N) is 3. The van der Waals surface area contributed by atoms with Gasteiger partial charge in [0, 0.05) is 42.9 Å². The summed E-state index contributed by atoms with van der Waals surface area (Å²) >= 11 is 0. The van der Waals surface area contributed by atoms with Gasteiger partial charge in [-0.15, -0.1) is 0 Å². The molecule has 2 heterocycles. The molecule has 0 aliphatic carbocycles. The van der Waals surface area contributed by atoms with Crippen LogP contribution in [0.2, 0.25) is 0 Å². The summed E-state index contributed by atoms with van der Waals surface area (Å²) in [6.07, 6.45) is 4.86. The van der Waals surface area contributed by atoms with Gasteiger partial charge in [-0.1, -0.05) is 18.2 Å². The number of rotatable bonds is 6. The number of carbonyl (C=O) groups is 2. The quantitative estimate of drug-likeness (QED) is 0.718. The van der Waals surface area contributed by atoms with Crippen molar-refractivity contribution >= 4 is 17.5 Å². The lowest BCUT2D eigenvalue weighted by molar-refractivity contribution is 0.0950. The monoisotopic (exact) mass is 374 g/mol. The van der Waals surface area contributed by atoms with E-state index in [-0.39, 0.29) is 17.5 Å². The summed E-state index contributed by atoms with van der Waals surface area (Å²) in [6.45, 7) is 4.75. The van der Waals surface area contributed by atoms with Crippen molar-refractivity contribution in [1.29, 1.82) is 0 Å². The van der Waals surface area contributed by atoms with Crippen LogP contribution >= 0.6 is 0 Å². The molecule has 28 heavy (non-hydrogen) atoms. The normalized spacial score (nSPS) is 10.4. The van der Waals surface area contributed by atoms with Crippen molar-refractivity contribution in [3.8, 4) is 0 Å². The Kier molecular flexibility index (Phi) is 6.11. The number of aromatic nitrogens is 2. The zero-order valence-electron chi connectivity index (χ0n) is 15.9. The smallest absolute Gasteiger partial charge is 0.276 e. The number of amides is 2. The largest absolute Gasteiger partial charge is 0.348 e. The van der Waals surface area contributed by atoms with Crippen molar-refractivity contribution < 1.29 is 9.59 Å². The molecule has 0 spiro atoms. The Balaban J connectivity index is 1.76. The Labute approximate surface area is 164 Å². The van der Waals surface area contributed by atoms with Gasteiger partial charge in [0.2, 0.25) is 0 Å². The summed E-state index contributed by atoms with van der Waals surface area (Å²) in [5.74, 6) is -0.506. The molecule has 2 aromatic heterocycles. The first kappa shape index (κ1) is 19.2. The molecule has 1 aromatic carbocycles. The van der Waals surface area contributed by atoms with Gasteiger partial charge in [0.25, 0.3) is 11.8 Å². The maximum absolute atomic E-state index is 13.0. The Morgan fingerprint density at radius 1 is 1.07 bits per heavy atom. The second-order valence-corrected chi connectivity index (χ2v) is 6.36. The van der Waals surface area contributed by atoms with Crippen LogP contribution in [0.4, 0.5) is 5.69 Å². The van der Waals surface area contributed by atoms with E-state index >= 15 is 0 Å². The number of pyridine rings is 2. The minimum absolute atomic E-state index is 0.234. The van der Waals surface area contributed by atoms with Gasteiger partial charge in [0.15, 0.2) is 0 Å². The minimum Gasteiger partial charge on any atom is -0.348 e. The summed E-state index contributed by atoms with van der Waals surface area (Å²) in [5, 5.41) is 2.83. The van der Waals surface area contributed by atoms with Crippen LogP contribution < -0.4 is 10.2 Å². The van der Waals surface area contributed by atoms with Crippen molar-refractivity contribution in [2.45, 2.75) is 20.4 Å². The molecule has 0 saturated carbocycles. The molecule has 142 valence electrons. The summed E-state index contributed by atoms with van der Waals surface area (Å²) in [4.78, 5) is 35.3. The average Bonchev–Trinajstić information content (AvgIpc) is 2.73. The fourth-order valence-electron chi connectivity index (χ4n) is 2.85. The van der Waals surface area contributed by atoms with Crippen LogP contribution in [0.1, 0.15) is 38.9 Å². The van der Waals surface area contributed by atoms with E-state index in [1.165, 1.54) is 12.3 Å². The highest BCUT2D eigenvalue weighted by Gasteiger charge is 2.19. The molecule has 0 saturated heterocycles. The first-order valence-electron chi connectivity index (χ1n) is 9.10. The first-order valence-corrected chi connectivity index (χ1v) is 9.10. The Bertz CT molecular complexity index is 973. The van der Waals surface area contributed by atoms with Crippen molar-refractivity contribution in [2.24, 2.45) is 0 Å². The van der Waals surface area contributed by atoms with Crippen LogP contribution in [0.3, 0.4) is 0 Å². The lowest BCUT2D eigenvalue weighted by atomic mass is 10.1. The van der Waals surface area contributed by atoms with Crippen LogP contribution in [0.25, 0.3) is 0 Å². The van der Waals surface area contributed by atoms with Crippen LogP contribution in [-0.4, -0.2) is 28.3 Å². The molecule has 2 amide bonds. The van der Waals surface area contributed by atoms with E-state index in [0.717, 1.165) is 16.8 Å². The van der Waals surface area contributed by atoms with Crippen molar-refractivity contribution in [3.63, 3.8) is 0 Å². The first-order chi connectivity index (χ1) is 13.6. The van der Waals surface area contributed by atoms with E-state index in [0.29, 0.717) is 18.7 Å². The summed E-state index contributed by atoms with van der Waals surface area (Å²) in [5.41, 5.74) is 3.40. The third kappa shape index (κ3) is 4.59. The van der Waals surface area contributed by atoms with E-state index in [1.807, 2.05) is 50.2 Å². The second kappa shape index (κ2) is 8.90. The lowest BCUT2D eigenvalue weighted by Crippen LogP contribution is -2.32. The van der Waals surface area contributed by atoms with Gasteiger partial charge < -0.3 is 10.2 Å². The number of hydrogen-bond acceptors (Lipinski definition) is 4. The SMILES string of the molecule is CCN(C(=O)c1cc(C(=O)NCc2cccnc2)ccn1)c1cccc(C)c1. The summed E-state index contributed by atoms with van der Waals surface area (Å²) < 4.78 is 0. The van der Waals surface area contributed by atoms with Crippen LogP contribution in [0.15, 0.2) is 67.1 Å². The van der Waals surface area contributed by atoms with Gasteiger partial charge >= 0.3 is 0 Å². The van der Waals surface area contributed by atoms with Crippen molar-refractivity contribution in [2.75, 3.05) is 11.4 Å². The highest BCUT2D eigenvalue weighted by Crippen LogP contribution is 2.18. The fourth-order valence-corrected chi connectivity index (χ4v) is 2.85. The molecule has 6 heteroatoms. The van der Waals surface area contributed by atoms with Gasteiger partial charge in [0.1, 0.15) is 5.69 Å². The van der Waals surface area contributed by atoms with E-state index in [9.17, 15) is 9.59 Å². The van der Waals surface area contributed by atoms with Crippen LogP contribution in [-0.2, 0) is 6.54 Å². The number of aryl methyl sites for hydroxylation is 1. The Morgan fingerprint density at radius 2 is 1.93 bits per heavy atom. The van der Waals surface area contributed by atoms with Gasteiger partial charge in [-0.05, 0) is 55.3 Å². The van der Waals surface area contributed by atoms with E-state index in [2.05, 4.69) is 15.3 Å². The van der Waals surface area contributed by atoms with E-state index in [4.69, 9.17) is 0 Å². The molecule has 3 rings (SSSR count). The molecule has 0 bridgehead atoms. The molecule has 1 N–H and O–H groups in total. The van der Waals surface area contributed by atoms with E-state index in [1.54, 1.807) is 23.4 Å². The zero-order chi connectivity index (χ0) is 19.9. The molecule has 0 fully saturated rings. The molecule has 0 aliphatic heterocycles. The van der Waals surface area contributed by atoms with Gasteiger partial charge in [-0.3, -0.25) is 19.6 Å². The number of nitrogens with one attached hydrogen (secondary N) is 1. The molecule has 0 aliphatic rings. The lowest BCUT2D eigenvalue weighted by Gasteiger charge is -2.21. The van der Waals surface area contributed by atoms with E-state index < -0.39 is 0 Å². The second-order valence-electron chi connectivity index (χ2n) is 6.36. The third-order valence-electron chi connectivity index (χ3n) is 4.29. The number of carbonyl (C=O) groups excluding carboxylic acids is 2. The topological polar surface area (TPSA) is 75.2 Å². The molecule has 3 aromatic rings. The average molecular weight is 374 g/mol. The molecule has 0 atom stereocenters. The van der Waals surface area contributed by atoms with Gasteiger partial charge in [-0.2, -0.15) is 0 Å². The maximum atomic E-state index is 13.0. The van der Waals surface area contributed by atoms with Crippen LogP contribution in [0.5, 0.6) is 0 Å². The third-order valence-corrected chi connectivity index (χ3v) is 4.29. The van der Waals surface area contributed by atoms with Gasteiger partial charge in [0.05, 0.1) is 0 Å². The fraction of sp³-hybridized carbons (Fsp3) is 0.182. The number of hydrogen-bond donors (Lipinski definition) is 1. The molecule has 0 unspecified atom stereocenters. The Hall–Kier alpha value is -3.54. The summed E-state index contributed by atoms with van der Waals surface area (Å²) in [6, 6.07) is 14.6. The Morgan fingerprint density at radius 3 is 2.64 bits per heavy atom. The molecule has 0 radical (unpaired) electrons. The standard InChI is InChI=1S/C22H22N4O2/c1-3-26(19-8-4-6-16(2)12-19)22(28)20-13-18(9-11-24-20)21(27)25-15-17-7-5-10-23-14-17/h4-14H,3,15H2,1-2H3,(H,25,27). The molecule has 6 nitrogen and oxygen atoms in total. The molecular weight excluding hydrogens is 352 g/mol. The highest BCUT2D eigenvalue weighted by atomic mass is 16.2. The van der Waals surface area contributed by atoms with Crippen molar-refractivity contribution in [3.05, 3.63) is 89.5 Å². The maximum Gasteiger partial charge on any atom is 0.276 e. The predicted octanol–water partition coefficient (Wildman–Crippen LogP) is 3.38. The summed E-state index contributed by atoms with van der Waals surface area (Å²) in [7, 11) is 0. The zero-order valence-corrected chi connectivity index (χ0v) is 15.9. The predicted molar refractivity (Wildman–Crippen MR) is 108 cm³/mol.